The predicted octanol–water partition coefficient (Wildman–Crippen LogP) is 3.63. The Kier molecular flexibility index (Phi) is 5.08. The molecular formula is C16H26N2OS. The average molecular weight is 294 g/mol. The third-order valence-corrected chi connectivity index (χ3v) is 5.47. The minimum atomic E-state index is 0.415. The predicted molar refractivity (Wildman–Crippen MR) is 83.4 cm³/mol. The topological polar surface area (TPSA) is 34.1 Å². The lowest BCUT2D eigenvalue weighted by Crippen LogP contribution is -2.25. The summed E-state index contributed by atoms with van der Waals surface area (Å²) in [6, 6.07) is 0.496. The van der Waals surface area contributed by atoms with E-state index in [4.69, 9.17) is 9.72 Å². The normalized spacial score (nSPS) is 26.4. The van der Waals surface area contributed by atoms with Gasteiger partial charge in [0.1, 0.15) is 0 Å². The molecule has 3 nitrogen and oxygen atoms in total. The molecular weight excluding hydrogens is 268 g/mol. The van der Waals surface area contributed by atoms with Crippen LogP contribution < -0.4 is 5.32 Å². The van der Waals surface area contributed by atoms with E-state index >= 15 is 0 Å². The monoisotopic (exact) mass is 294 g/mol. The van der Waals surface area contributed by atoms with E-state index in [2.05, 4.69) is 12.2 Å². The van der Waals surface area contributed by atoms with Crippen LogP contribution in [0.2, 0.25) is 0 Å². The number of aryl methyl sites for hydroxylation is 1. The Morgan fingerprint density at radius 1 is 1.30 bits per heavy atom. The molecule has 20 heavy (non-hydrogen) atoms. The van der Waals surface area contributed by atoms with E-state index in [0.29, 0.717) is 12.1 Å². The van der Waals surface area contributed by atoms with Gasteiger partial charge in [0.25, 0.3) is 0 Å². The summed E-state index contributed by atoms with van der Waals surface area (Å²) in [5, 5.41) is 4.96. The largest absolute Gasteiger partial charge is 0.378 e. The van der Waals surface area contributed by atoms with Crippen molar-refractivity contribution in [3.63, 3.8) is 0 Å². The maximum Gasteiger partial charge on any atom is 0.0957 e. The molecule has 2 aliphatic rings. The maximum absolute atomic E-state index is 5.86. The highest BCUT2D eigenvalue weighted by atomic mass is 32.1. The van der Waals surface area contributed by atoms with Crippen LogP contribution in [-0.4, -0.2) is 24.2 Å². The molecule has 0 bridgehead atoms. The number of hydrogen-bond acceptors (Lipinski definition) is 4. The maximum atomic E-state index is 5.86. The van der Waals surface area contributed by atoms with Gasteiger partial charge >= 0.3 is 0 Å². The van der Waals surface area contributed by atoms with Gasteiger partial charge in [-0.3, -0.25) is 0 Å². The molecule has 2 heterocycles. The lowest BCUT2D eigenvalue weighted by molar-refractivity contribution is 0.0167. The van der Waals surface area contributed by atoms with E-state index in [-0.39, 0.29) is 0 Å². The molecule has 1 aliphatic heterocycles. The van der Waals surface area contributed by atoms with Gasteiger partial charge in [-0.25, -0.2) is 4.98 Å². The fourth-order valence-corrected chi connectivity index (χ4v) is 4.47. The van der Waals surface area contributed by atoms with Crippen LogP contribution in [0.25, 0.3) is 0 Å². The first-order chi connectivity index (χ1) is 9.86. The summed E-state index contributed by atoms with van der Waals surface area (Å²) in [5.74, 6) is 0. The third kappa shape index (κ3) is 3.41. The fourth-order valence-electron chi connectivity index (χ4n) is 3.24. The van der Waals surface area contributed by atoms with Gasteiger partial charge in [0.15, 0.2) is 0 Å². The lowest BCUT2D eigenvalue weighted by atomic mass is 9.97. The quantitative estimate of drug-likeness (QED) is 0.900. The zero-order valence-corrected chi connectivity index (χ0v) is 13.3. The van der Waals surface area contributed by atoms with Crippen LogP contribution >= 0.6 is 11.3 Å². The van der Waals surface area contributed by atoms with Crippen molar-refractivity contribution >= 4 is 11.3 Å². The number of ether oxygens (including phenoxy) is 1. The Morgan fingerprint density at radius 3 is 3.05 bits per heavy atom. The van der Waals surface area contributed by atoms with E-state index in [1.54, 1.807) is 0 Å². The second-order valence-electron chi connectivity index (χ2n) is 6.01. The van der Waals surface area contributed by atoms with Gasteiger partial charge in [-0.2, -0.15) is 0 Å². The summed E-state index contributed by atoms with van der Waals surface area (Å²) < 4.78 is 5.86. The Morgan fingerprint density at radius 2 is 2.25 bits per heavy atom. The van der Waals surface area contributed by atoms with Gasteiger partial charge in [-0.05, 0) is 51.5 Å². The first-order valence-corrected chi connectivity index (χ1v) is 9.02. The van der Waals surface area contributed by atoms with Crippen LogP contribution in [0.3, 0.4) is 0 Å². The molecule has 1 fully saturated rings. The highest BCUT2D eigenvalue weighted by molar-refractivity contribution is 7.11. The molecule has 4 heteroatoms. The van der Waals surface area contributed by atoms with E-state index in [0.717, 1.165) is 19.6 Å². The zero-order chi connectivity index (χ0) is 13.8. The second kappa shape index (κ2) is 7.01. The number of aromatic nitrogens is 1. The summed E-state index contributed by atoms with van der Waals surface area (Å²) in [4.78, 5) is 6.48. The van der Waals surface area contributed by atoms with Crippen molar-refractivity contribution in [3.05, 3.63) is 15.6 Å². The Labute approximate surface area is 126 Å². The molecule has 0 saturated carbocycles. The van der Waals surface area contributed by atoms with Crippen molar-refractivity contribution in [2.75, 3.05) is 13.2 Å². The number of rotatable bonds is 5. The van der Waals surface area contributed by atoms with Crippen molar-refractivity contribution in [1.29, 1.82) is 0 Å². The van der Waals surface area contributed by atoms with Crippen LogP contribution in [-0.2, 0) is 17.6 Å². The van der Waals surface area contributed by atoms with Crippen molar-refractivity contribution in [1.82, 2.24) is 10.3 Å². The van der Waals surface area contributed by atoms with Crippen LogP contribution in [0.4, 0.5) is 0 Å². The van der Waals surface area contributed by atoms with E-state index in [1.807, 2.05) is 11.3 Å². The average Bonchev–Trinajstić information content (AvgIpc) is 2.89. The first kappa shape index (κ1) is 14.5. The Bertz CT molecular complexity index is 426. The van der Waals surface area contributed by atoms with E-state index in [9.17, 15) is 0 Å². The summed E-state index contributed by atoms with van der Waals surface area (Å²) in [5.41, 5.74) is 1.35. The Balaban J connectivity index is 1.66. The summed E-state index contributed by atoms with van der Waals surface area (Å²) in [6.07, 6.45) is 10.2. The smallest absolute Gasteiger partial charge is 0.0957 e. The molecule has 1 aromatic heterocycles. The molecule has 112 valence electrons. The van der Waals surface area contributed by atoms with Gasteiger partial charge in [0.05, 0.1) is 22.8 Å². The van der Waals surface area contributed by atoms with Gasteiger partial charge < -0.3 is 10.1 Å². The van der Waals surface area contributed by atoms with Crippen LogP contribution in [0.1, 0.15) is 67.1 Å². The minimum absolute atomic E-state index is 0.415. The molecule has 2 atom stereocenters. The molecule has 1 aromatic rings. The molecule has 0 amide bonds. The lowest BCUT2D eigenvalue weighted by Gasteiger charge is -2.22. The molecule has 0 radical (unpaired) electrons. The van der Waals surface area contributed by atoms with Crippen molar-refractivity contribution in [2.45, 2.75) is 70.4 Å². The van der Waals surface area contributed by atoms with Gasteiger partial charge in [0, 0.05) is 17.9 Å². The molecule has 1 saturated heterocycles. The third-order valence-electron chi connectivity index (χ3n) is 4.32. The number of nitrogens with zero attached hydrogens (tertiary/aromatic N) is 1. The summed E-state index contributed by atoms with van der Waals surface area (Å²) >= 11 is 1.94. The van der Waals surface area contributed by atoms with Crippen molar-refractivity contribution in [2.24, 2.45) is 0 Å². The van der Waals surface area contributed by atoms with Crippen molar-refractivity contribution in [3.8, 4) is 0 Å². The molecule has 3 rings (SSSR count). The number of nitrogens with one attached hydrogen (secondary N) is 1. The molecule has 1 N–H and O–H groups in total. The van der Waals surface area contributed by atoms with Crippen molar-refractivity contribution < 1.29 is 4.74 Å². The van der Waals surface area contributed by atoms with E-state index < -0.39 is 0 Å². The van der Waals surface area contributed by atoms with Gasteiger partial charge in [-0.1, -0.05) is 6.92 Å². The first-order valence-electron chi connectivity index (χ1n) is 8.20. The highest BCUT2D eigenvalue weighted by Gasteiger charge is 2.25. The fraction of sp³-hybridized carbons (Fsp3) is 0.812. The standard InChI is InChI=1S/C16H26N2OS/c1-2-9-17-13-7-5-8-14-16(13)18-15(20-14)11-12-6-3-4-10-19-12/h12-13,17H,2-11H2,1H3. The summed E-state index contributed by atoms with van der Waals surface area (Å²) in [6.45, 7) is 4.27. The number of thiazole rings is 1. The van der Waals surface area contributed by atoms with Gasteiger partial charge in [-0.15, -0.1) is 11.3 Å². The molecule has 0 aromatic carbocycles. The summed E-state index contributed by atoms with van der Waals surface area (Å²) in [7, 11) is 0. The SMILES string of the molecule is CCCNC1CCCc2sc(CC3CCCCO3)nc21. The highest BCUT2D eigenvalue weighted by Crippen LogP contribution is 2.34. The molecule has 2 unspecified atom stereocenters. The molecule has 1 aliphatic carbocycles. The van der Waals surface area contributed by atoms with Gasteiger partial charge in [0.2, 0.25) is 0 Å². The van der Waals surface area contributed by atoms with E-state index in [1.165, 1.54) is 60.5 Å². The zero-order valence-electron chi connectivity index (χ0n) is 12.5. The number of hydrogen-bond donors (Lipinski definition) is 1. The van der Waals surface area contributed by atoms with Crippen LogP contribution in [0.15, 0.2) is 0 Å². The minimum Gasteiger partial charge on any atom is -0.378 e. The van der Waals surface area contributed by atoms with Crippen LogP contribution in [0.5, 0.6) is 0 Å². The molecule has 0 spiro atoms. The van der Waals surface area contributed by atoms with Crippen LogP contribution in [0, 0.1) is 0 Å². The Hall–Kier alpha value is -0.450. The second-order valence-corrected chi connectivity index (χ2v) is 7.18. The number of fused-ring (bicyclic) bond motifs is 1.